The van der Waals surface area contributed by atoms with Gasteiger partial charge in [0.05, 0.1) is 13.0 Å². The van der Waals surface area contributed by atoms with E-state index in [0.717, 1.165) is 4.47 Å². The van der Waals surface area contributed by atoms with Gasteiger partial charge in [-0.15, -0.1) is 0 Å². The first-order valence-corrected chi connectivity index (χ1v) is 7.79. The molecule has 0 aliphatic carbocycles. The van der Waals surface area contributed by atoms with Gasteiger partial charge in [-0.1, -0.05) is 46.3 Å². The Kier molecular flexibility index (Phi) is 4.19. The Morgan fingerprint density at radius 2 is 1.70 bits per heavy atom. The molecule has 2 aromatic carbocycles. The number of alkyl halides is 3. The number of ether oxygens (including phenoxy) is 1. The van der Waals surface area contributed by atoms with Gasteiger partial charge in [0.25, 0.3) is 0 Å². The summed E-state index contributed by atoms with van der Waals surface area (Å²) in [6, 6.07) is 15.6. The number of hydrogen-bond donors (Lipinski definition) is 0. The summed E-state index contributed by atoms with van der Waals surface area (Å²) in [6.07, 6.45) is -5.42. The van der Waals surface area contributed by atoms with Crippen LogP contribution in [0.25, 0.3) is 0 Å². The number of hydrogen-bond acceptors (Lipinski definition) is 2. The molecule has 0 fully saturated rings. The molecule has 2 aromatic rings. The number of rotatable bonds is 3. The fraction of sp³-hybridized carbons (Fsp3) is 0.235. The van der Waals surface area contributed by atoms with Gasteiger partial charge in [-0.25, -0.2) is 4.99 Å². The summed E-state index contributed by atoms with van der Waals surface area (Å²) in [5.74, 6) is 0.241. The van der Waals surface area contributed by atoms with Crippen molar-refractivity contribution in [1.29, 1.82) is 0 Å². The molecule has 1 aliphatic rings. The molecule has 0 saturated carbocycles. The lowest BCUT2D eigenvalue weighted by molar-refractivity contribution is -0.170. The van der Waals surface area contributed by atoms with Crippen molar-refractivity contribution in [3.8, 4) is 0 Å². The zero-order chi connectivity index (χ0) is 16.5. The van der Waals surface area contributed by atoms with E-state index in [1.807, 2.05) is 0 Å². The van der Waals surface area contributed by atoms with Crippen LogP contribution in [0.5, 0.6) is 0 Å². The van der Waals surface area contributed by atoms with E-state index in [2.05, 4.69) is 20.9 Å². The van der Waals surface area contributed by atoms with E-state index in [4.69, 9.17) is 4.74 Å². The van der Waals surface area contributed by atoms with Crippen molar-refractivity contribution >= 4 is 21.8 Å². The van der Waals surface area contributed by atoms with Crippen LogP contribution in [0.4, 0.5) is 13.2 Å². The summed E-state index contributed by atoms with van der Waals surface area (Å²) < 4.78 is 45.9. The maximum Gasteiger partial charge on any atom is 0.393 e. The Morgan fingerprint density at radius 1 is 1.04 bits per heavy atom. The van der Waals surface area contributed by atoms with Crippen LogP contribution in [0.3, 0.4) is 0 Å². The molecule has 0 radical (unpaired) electrons. The first-order valence-electron chi connectivity index (χ1n) is 7.00. The average Bonchev–Trinajstić information content (AvgIpc) is 2.92. The molecule has 6 heteroatoms. The van der Waals surface area contributed by atoms with E-state index < -0.39 is 18.2 Å². The van der Waals surface area contributed by atoms with Crippen LogP contribution >= 0.6 is 15.9 Å². The number of aliphatic imine (C=N–C) groups is 1. The Morgan fingerprint density at radius 3 is 2.30 bits per heavy atom. The third-order valence-electron chi connectivity index (χ3n) is 3.65. The first kappa shape index (κ1) is 16.1. The number of halogens is 4. The van der Waals surface area contributed by atoms with E-state index in [9.17, 15) is 13.2 Å². The van der Waals surface area contributed by atoms with E-state index in [1.165, 1.54) is 0 Å². The van der Waals surface area contributed by atoms with Crippen LogP contribution in [0.2, 0.25) is 0 Å². The van der Waals surface area contributed by atoms with Gasteiger partial charge in [0.2, 0.25) is 5.90 Å². The molecule has 2 nitrogen and oxygen atoms in total. The van der Waals surface area contributed by atoms with Gasteiger partial charge in [-0.3, -0.25) is 0 Å². The number of nitrogens with zero attached hydrogens (tertiary/aromatic N) is 1. The van der Waals surface area contributed by atoms with E-state index >= 15 is 0 Å². The van der Waals surface area contributed by atoms with Crippen LogP contribution < -0.4 is 0 Å². The van der Waals surface area contributed by atoms with Gasteiger partial charge >= 0.3 is 6.18 Å². The van der Waals surface area contributed by atoms with Crippen molar-refractivity contribution in [1.82, 2.24) is 0 Å². The SMILES string of the molecule is FC(F)(F)CC1(c2ccccc2)CN=C(c2ccc(Br)cc2)O1. The van der Waals surface area contributed by atoms with Crippen LogP contribution in [-0.2, 0) is 10.3 Å². The molecule has 0 spiro atoms. The molecule has 1 heterocycles. The minimum Gasteiger partial charge on any atom is -0.464 e. The molecular weight excluding hydrogens is 371 g/mol. The largest absolute Gasteiger partial charge is 0.464 e. The average molecular weight is 384 g/mol. The van der Waals surface area contributed by atoms with Gasteiger partial charge in [0.15, 0.2) is 5.60 Å². The third-order valence-corrected chi connectivity index (χ3v) is 4.18. The van der Waals surface area contributed by atoms with Gasteiger partial charge in [-0.2, -0.15) is 13.2 Å². The molecule has 0 saturated heterocycles. The summed E-state index contributed by atoms with van der Waals surface area (Å²) in [5, 5.41) is 0. The van der Waals surface area contributed by atoms with Gasteiger partial charge < -0.3 is 4.74 Å². The Bertz CT molecular complexity index is 713. The highest BCUT2D eigenvalue weighted by molar-refractivity contribution is 9.10. The second-order valence-corrected chi connectivity index (χ2v) is 6.30. The van der Waals surface area contributed by atoms with Crippen molar-refractivity contribution < 1.29 is 17.9 Å². The summed E-state index contributed by atoms with van der Waals surface area (Å²) in [4.78, 5) is 4.23. The zero-order valence-corrected chi connectivity index (χ0v) is 13.6. The molecule has 0 aromatic heterocycles. The predicted molar refractivity (Wildman–Crippen MR) is 85.4 cm³/mol. The van der Waals surface area contributed by atoms with Crippen molar-refractivity contribution in [2.75, 3.05) is 6.54 Å². The molecular formula is C17H13BrF3NO. The minimum absolute atomic E-state index is 0.0537. The molecule has 1 unspecified atom stereocenters. The molecule has 23 heavy (non-hydrogen) atoms. The molecule has 3 rings (SSSR count). The summed E-state index contributed by atoms with van der Waals surface area (Å²) in [7, 11) is 0. The summed E-state index contributed by atoms with van der Waals surface area (Å²) >= 11 is 3.32. The normalized spacial score (nSPS) is 21.0. The van der Waals surface area contributed by atoms with Crippen molar-refractivity contribution in [3.05, 3.63) is 70.2 Å². The lowest BCUT2D eigenvalue weighted by Gasteiger charge is -2.30. The third kappa shape index (κ3) is 3.58. The first-order chi connectivity index (χ1) is 10.9. The molecule has 0 amide bonds. The molecule has 0 N–H and O–H groups in total. The van der Waals surface area contributed by atoms with E-state index in [1.54, 1.807) is 54.6 Å². The molecule has 120 valence electrons. The number of benzene rings is 2. The van der Waals surface area contributed by atoms with Crippen molar-refractivity contribution in [3.63, 3.8) is 0 Å². The Hall–Kier alpha value is -1.82. The quantitative estimate of drug-likeness (QED) is 0.724. The topological polar surface area (TPSA) is 21.6 Å². The van der Waals surface area contributed by atoms with Crippen LogP contribution in [0.1, 0.15) is 17.5 Å². The maximum absolute atomic E-state index is 13.1. The lowest BCUT2D eigenvalue weighted by atomic mass is 9.90. The highest BCUT2D eigenvalue weighted by atomic mass is 79.9. The summed E-state index contributed by atoms with van der Waals surface area (Å²) in [6.45, 7) is -0.0537. The molecule has 1 aliphatic heterocycles. The molecule has 0 bridgehead atoms. The Balaban J connectivity index is 1.93. The van der Waals surface area contributed by atoms with Crippen LogP contribution in [0, 0.1) is 0 Å². The van der Waals surface area contributed by atoms with Crippen LogP contribution in [-0.4, -0.2) is 18.6 Å². The second-order valence-electron chi connectivity index (χ2n) is 5.38. The van der Waals surface area contributed by atoms with Gasteiger partial charge in [0.1, 0.15) is 0 Å². The predicted octanol–water partition coefficient (Wildman–Crippen LogP) is 5.07. The lowest BCUT2D eigenvalue weighted by Crippen LogP contribution is -2.36. The second kappa shape index (κ2) is 6.00. The smallest absolute Gasteiger partial charge is 0.393 e. The minimum atomic E-state index is -4.35. The monoisotopic (exact) mass is 383 g/mol. The van der Waals surface area contributed by atoms with Crippen LogP contribution in [0.15, 0.2) is 64.1 Å². The molecule has 1 atom stereocenters. The van der Waals surface area contributed by atoms with Gasteiger partial charge in [0, 0.05) is 10.0 Å². The van der Waals surface area contributed by atoms with Crippen molar-refractivity contribution in [2.45, 2.75) is 18.2 Å². The van der Waals surface area contributed by atoms with Gasteiger partial charge in [-0.05, 0) is 29.8 Å². The highest BCUT2D eigenvalue weighted by Crippen LogP contribution is 2.41. The van der Waals surface area contributed by atoms with E-state index in [0.29, 0.717) is 11.1 Å². The summed E-state index contributed by atoms with van der Waals surface area (Å²) in [5.41, 5.74) is -0.358. The zero-order valence-electron chi connectivity index (χ0n) is 12.0. The maximum atomic E-state index is 13.1. The fourth-order valence-corrected chi connectivity index (χ4v) is 2.87. The standard InChI is InChI=1S/C17H13BrF3NO/c18-14-8-6-12(7-9-14)15-22-11-16(23-15,10-17(19,20)21)13-4-2-1-3-5-13/h1-9H,10-11H2. The highest BCUT2D eigenvalue weighted by Gasteiger charge is 2.48. The Labute approximate surface area is 140 Å². The van der Waals surface area contributed by atoms with Crippen molar-refractivity contribution in [2.24, 2.45) is 4.99 Å². The fourth-order valence-electron chi connectivity index (χ4n) is 2.60. The van der Waals surface area contributed by atoms with E-state index in [-0.39, 0.29) is 12.4 Å².